The highest BCUT2D eigenvalue weighted by atomic mass is 35.5. The predicted octanol–water partition coefficient (Wildman–Crippen LogP) is 3.89. The van der Waals surface area contributed by atoms with Crippen molar-refractivity contribution in [2.45, 2.75) is 72.5 Å². The van der Waals surface area contributed by atoms with Gasteiger partial charge < -0.3 is 30.1 Å². The highest BCUT2D eigenvalue weighted by Crippen LogP contribution is 2.55. The molecule has 0 radical (unpaired) electrons. The van der Waals surface area contributed by atoms with Crippen molar-refractivity contribution in [1.29, 1.82) is 0 Å². The number of amides is 1. The van der Waals surface area contributed by atoms with Gasteiger partial charge in [-0.25, -0.2) is 17.9 Å². The lowest BCUT2D eigenvalue weighted by atomic mass is 9.53. The van der Waals surface area contributed by atoms with Gasteiger partial charge in [0, 0.05) is 16.5 Å². The van der Waals surface area contributed by atoms with Crippen LogP contribution in [0.25, 0.3) is 11.3 Å². The quantitative estimate of drug-likeness (QED) is 0.247. The number of carbonyl (C=O) groups excluding carboxylic acids is 1. The van der Waals surface area contributed by atoms with Gasteiger partial charge in [0.15, 0.2) is 17.5 Å². The fourth-order valence-electron chi connectivity index (χ4n) is 6.38. The Hall–Kier alpha value is -2.43. The summed E-state index contributed by atoms with van der Waals surface area (Å²) in [5, 5.41) is 42.6. The molecule has 3 aliphatic rings. The first-order chi connectivity index (χ1) is 21.4. The van der Waals surface area contributed by atoms with Crippen LogP contribution in [-0.2, 0) is 14.3 Å². The van der Waals surface area contributed by atoms with E-state index in [4.69, 9.17) is 32.7 Å². The second-order valence-corrected chi connectivity index (χ2v) is 13.7. The molecule has 0 bridgehead atoms. The number of carbonyl (C=O) groups is 1. The lowest BCUT2D eigenvalue weighted by Gasteiger charge is -2.56. The SMILES string of the molecule is O=C(CO[C@@H]1[C@@H](n2cc(-c3cc(F)c(F)c(F)c3)nn2)[C@@H](O)[C@@H](CO)O[C@@H]1Sc1ccc(Cl)c(Cl)c1)NC1CC2(CC(O)C2)C1. The Labute approximate surface area is 269 Å². The Kier molecular flexibility index (Phi) is 9.39. The molecule has 2 saturated carbocycles. The maximum absolute atomic E-state index is 14.0. The van der Waals surface area contributed by atoms with Crippen LogP contribution < -0.4 is 5.32 Å². The highest BCUT2D eigenvalue weighted by Gasteiger charge is 2.53. The molecule has 3 fully saturated rings. The van der Waals surface area contributed by atoms with Gasteiger partial charge in [0.05, 0.1) is 29.0 Å². The molecule has 242 valence electrons. The lowest BCUT2D eigenvalue weighted by Crippen LogP contribution is -2.59. The van der Waals surface area contributed by atoms with E-state index < -0.39 is 66.4 Å². The van der Waals surface area contributed by atoms with Crippen LogP contribution in [0.4, 0.5) is 13.2 Å². The molecule has 1 aromatic heterocycles. The second-order valence-electron chi connectivity index (χ2n) is 11.7. The van der Waals surface area contributed by atoms with E-state index >= 15 is 0 Å². The number of hydrogen-bond donors (Lipinski definition) is 4. The number of nitrogens with zero attached hydrogens (tertiary/aromatic N) is 3. The van der Waals surface area contributed by atoms with Crippen LogP contribution in [0, 0.1) is 22.9 Å². The van der Waals surface area contributed by atoms with Gasteiger partial charge >= 0.3 is 0 Å². The molecule has 5 atom stereocenters. The van der Waals surface area contributed by atoms with E-state index in [0.717, 1.165) is 49.6 Å². The van der Waals surface area contributed by atoms with E-state index in [0.29, 0.717) is 9.92 Å². The highest BCUT2D eigenvalue weighted by molar-refractivity contribution is 7.99. The maximum Gasteiger partial charge on any atom is 0.246 e. The molecule has 45 heavy (non-hydrogen) atoms. The molecule has 1 aliphatic heterocycles. The van der Waals surface area contributed by atoms with E-state index in [1.54, 1.807) is 18.2 Å². The number of ether oxygens (including phenoxy) is 2. The average Bonchev–Trinajstić information content (AvgIpc) is 3.45. The zero-order valence-electron chi connectivity index (χ0n) is 23.5. The Morgan fingerprint density at radius 2 is 1.82 bits per heavy atom. The van der Waals surface area contributed by atoms with Crippen molar-refractivity contribution in [3.05, 3.63) is 64.0 Å². The largest absolute Gasteiger partial charge is 0.394 e. The van der Waals surface area contributed by atoms with Crippen LogP contribution in [0.1, 0.15) is 31.7 Å². The monoisotopic (exact) mass is 688 g/mol. The molecule has 16 heteroatoms. The summed E-state index contributed by atoms with van der Waals surface area (Å²) >= 11 is 13.4. The summed E-state index contributed by atoms with van der Waals surface area (Å²) in [6.45, 7) is -1.00. The van der Waals surface area contributed by atoms with E-state index in [-0.39, 0.29) is 33.8 Å². The summed E-state index contributed by atoms with van der Waals surface area (Å²) in [5.74, 6) is -4.86. The molecular weight excluding hydrogens is 660 g/mol. The van der Waals surface area contributed by atoms with Gasteiger partial charge in [0.2, 0.25) is 5.91 Å². The molecule has 0 unspecified atom stereocenters. The minimum atomic E-state index is -1.63. The smallest absolute Gasteiger partial charge is 0.246 e. The molecule has 10 nitrogen and oxygen atoms in total. The molecule has 1 amide bonds. The summed E-state index contributed by atoms with van der Waals surface area (Å²) < 4.78 is 54.8. The van der Waals surface area contributed by atoms with Crippen molar-refractivity contribution in [1.82, 2.24) is 20.3 Å². The molecule has 1 spiro atoms. The summed E-state index contributed by atoms with van der Waals surface area (Å²) in [7, 11) is 0. The van der Waals surface area contributed by atoms with Crippen LogP contribution in [0.5, 0.6) is 0 Å². The second kappa shape index (κ2) is 13.0. The standard InChI is InChI=1S/C29H29Cl2F3N4O6S/c30-17-2-1-16(5-18(17)31)45-28-27(43-12-23(41)35-14-6-29(7-14)8-15(40)9-29)25(26(42)22(11-39)44-28)38-10-21(36-37-38)13-3-19(32)24(34)20(33)4-13/h1-5,10,14-15,22,25-28,39-40,42H,6-9,11-12H2,(H,35,41)/t14?,15?,22-,25+,26+,27-,28-,29?/m1/s1. The van der Waals surface area contributed by atoms with E-state index in [9.17, 15) is 33.3 Å². The molecule has 4 N–H and O–H groups in total. The summed E-state index contributed by atoms with van der Waals surface area (Å²) in [5.41, 5.74) is -0.976. The number of rotatable bonds is 9. The number of hydrogen-bond acceptors (Lipinski definition) is 9. The molecule has 2 aliphatic carbocycles. The number of aromatic nitrogens is 3. The van der Waals surface area contributed by atoms with Crippen molar-refractivity contribution in [3.63, 3.8) is 0 Å². The predicted molar refractivity (Wildman–Crippen MR) is 157 cm³/mol. The van der Waals surface area contributed by atoms with Gasteiger partial charge in [-0.15, -0.1) is 5.10 Å². The molecule has 2 heterocycles. The van der Waals surface area contributed by atoms with Crippen molar-refractivity contribution >= 4 is 40.9 Å². The maximum atomic E-state index is 14.0. The topological polar surface area (TPSA) is 139 Å². The minimum absolute atomic E-state index is 0.0303. The third-order valence-electron chi connectivity index (χ3n) is 8.53. The van der Waals surface area contributed by atoms with Crippen molar-refractivity contribution in [2.75, 3.05) is 13.2 Å². The Balaban J connectivity index is 1.26. The number of halogens is 5. The number of thioether (sulfide) groups is 1. The number of aliphatic hydroxyl groups excluding tert-OH is 3. The Morgan fingerprint density at radius 1 is 1.11 bits per heavy atom. The van der Waals surface area contributed by atoms with Crippen LogP contribution >= 0.6 is 35.0 Å². The Morgan fingerprint density at radius 3 is 2.47 bits per heavy atom. The van der Waals surface area contributed by atoms with E-state index in [1.807, 2.05) is 0 Å². The van der Waals surface area contributed by atoms with Crippen LogP contribution in [0.3, 0.4) is 0 Å². The zero-order chi connectivity index (χ0) is 32.0. The molecule has 6 rings (SSSR count). The zero-order valence-corrected chi connectivity index (χ0v) is 25.8. The van der Waals surface area contributed by atoms with Gasteiger partial charge in [-0.1, -0.05) is 40.2 Å². The fourth-order valence-corrected chi connectivity index (χ4v) is 7.92. The number of benzene rings is 2. The summed E-state index contributed by atoms with van der Waals surface area (Å²) in [4.78, 5) is 13.5. The van der Waals surface area contributed by atoms with Gasteiger partial charge in [0.1, 0.15) is 42.1 Å². The van der Waals surface area contributed by atoms with Gasteiger partial charge in [0.25, 0.3) is 0 Å². The van der Waals surface area contributed by atoms with Crippen molar-refractivity contribution in [2.24, 2.45) is 5.41 Å². The first-order valence-corrected chi connectivity index (χ1v) is 15.8. The third-order valence-corrected chi connectivity index (χ3v) is 10.4. The fraction of sp³-hybridized carbons (Fsp3) is 0.483. The van der Waals surface area contributed by atoms with Gasteiger partial charge in [-0.3, -0.25) is 4.79 Å². The lowest BCUT2D eigenvalue weighted by molar-refractivity contribution is -0.194. The third kappa shape index (κ3) is 6.70. The van der Waals surface area contributed by atoms with Crippen LogP contribution in [0.2, 0.25) is 10.0 Å². The summed E-state index contributed by atoms with van der Waals surface area (Å²) in [6.07, 6.45) is 0.357. The molecule has 1 saturated heterocycles. The molecular formula is C29H29Cl2F3N4O6S. The van der Waals surface area contributed by atoms with Gasteiger partial charge in [-0.2, -0.15) is 0 Å². The first kappa shape index (κ1) is 32.5. The van der Waals surface area contributed by atoms with Crippen molar-refractivity contribution in [3.8, 4) is 11.3 Å². The normalized spacial score (nSPS) is 31.0. The van der Waals surface area contributed by atoms with Gasteiger partial charge in [-0.05, 0) is 61.4 Å². The average molecular weight is 690 g/mol. The van der Waals surface area contributed by atoms with Crippen molar-refractivity contribution < 1.29 is 42.8 Å². The van der Waals surface area contributed by atoms with Crippen LogP contribution in [0.15, 0.2) is 41.4 Å². The first-order valence-electron chi connectivity index (χ1n) is 14.2. The molecule has 2 aromatic carbocycles. The Bertz CT molecular complexity index is 1550. The van der Waals surface area contributed by atoms with E-state index in [2.05, 4.69) is 15.6 Å². The van der Waals surface area contributed by atoms with E-state index in [1.165, 1.54) is 10.9 Å². The minimum Gasteiger partial charge on any atom is -0.394 e. The number of aliphatic hydroxyl groups is 3. The summed E-state index contributed by atoms with van der Waals surface area (Å²) in [6, 6.07) is 5.25. The number of nitrogens with one attached hydrogen (secondary N) is 1. The van der Waals surface area contributed by atoms with Crippen LogP contribution in [-0.4, -0.2) is 85.3 Å². The molecule has 3 aromatic rings.